The Bertz CT molecular complexity index is 1080. The highest BCUT2D eigenvalue weighted by molar-refractivity contribution is 9.10. The summed E-state index contributed by atoms with van der Waals surface area (Å²) < 4.78 is 84.1. The zero-order valence-electron chi connectivity index (χ0n) is 15.2. The van der Waals surface area contributed by atoms with Gasteiger partial charge in [0.05, 0.1) is 17.1 Å². The van der Waals surface area contributed by atoms with E-state index in [2.05, 4.69) is 36.3 Å². The molecule has 30 heavy (non-hydrogen) atoms. The predicted octanol–water partition coefficient (Wildman–Crippen LogP) is 5.52. The Morgan fingerprint density at radius 3 is 2.30 bits per heavy atom. The van der Waals surface area contributed by atoms with E-state index in [4.69, 9.17) is 4.74 Å². The molecule has 0 saturated carbocycles. The summed E-state index contributed by atoms with van der Waals surface area (Å²) in [6, 6.07) is 3.79. The van der Waals surface area contributed by atoms with E-state index >= 15 is 0 Å². The van der Waals surface area contributed by atoms with Crippen LogP contribution in [0.5, 0.6) is 5.75 Å². The van der Waals surface area contributed by atoms with Gasteiger partial charge in [0.2, 0.25) is 5.95 Å². The van der Waals surface area contributed by atoms with Crippen molar-refractivity contribution in [3.05, 3.63) is 51.9 Å². The van der Waals surface area contributed by atoms with Gasteiger partial charge in [-0.05, 0) is 41.1 Å². The van der Waals surface area contributed by atoms with Gasteiger partial charge in [-0.15, -0.1) is 0 Å². The topological polar surface area (TPSA) is 64.9 Å². The normalized spacial score (nSPS) is 12.2. The number of nitrogens with one attached hydrogen (secondary N) is 1. The fourth-order valence-electron chi connectivity index (χ4n) is 2.48. The van der Waals surface area contributed by atoms with Gasteiger partial charge in [-0.3, -0.25) is 0 Å². The van der Waals surface area contributed by atoms with Crippen molar-refractivity contribution >= 4 is 27.6 Å². The van der Waals surface area contributed by atoms with E-state index in [1.807, 2.05) is 0 Å². The van der Waals surface area contributed by atoms with Crippen molar-refractivity contribution in [1.29, 1.82) is 0 Å². The molecule has 13 heteroatoms. The highest BCUT2D eigenvalue weighted by atomic mass is 79.9. The van der Waals surface area contributed by atoms with Crippen LogP contribution in [0.3, 0.4) is 0 Å². The highest BCUT2D eigenvalue weighted by Crippen LogP contribution is 2.35. The maximum Gasteiger partial charge on any atom is 0.435 e. The van der Waals surface area contributed by atoms with Crippen LogP contribution in [-0.2, 0) is 12.4 Å². The Labute approximate surface area is 174 Å². The molecule has 0 bridgehead atoms. The SMILES string of the molecule is COc1cc(Nc2ncc(Br)c(-n3nc(C(F)(F)F)cc3C)n2)cc(C(F)(F)F)c1. The third-order valence-corrected chi connectivity index (χ3v) is 4.39. The molecule has 2 aromatic heterocycles. The van der Waals surface area contributed by atoms with Crippen molar-refractivity contribution in [2.75, 3.05) is 12.4 Å². The second-order valence-corrected chi connectivity index (χ2v) is 6.87. The van der Waals surface area contributed by atoms with E-state index in [0.717, 1.165) is 22.9 Å². The van der Waals surface area contributed by atoms with E-state index in [9.17, 15) is 26.3 Å². The number of aryl methyl sites for hydroxylation is 1. The number of rotatable bonds is 4. The van der Waals surface area contributed by atoms with Crippen molar-refractivity contribution in [3.8, 4) is 11.6 Å². The van der Waals surface area contributed by atoms with Gasteiger partial charge in [-0.2, -0.15) is 36.4 Å². The van der Waals surface area contributed by atoms with Crippen LogP contribution in [0.1, 0.15) is 17.0 Å². The van der Waals surface area contributed by atoms with Gasteiger partial charge < -0.3 is 10.1 Å². The van der Waals surface area contributed by atoms with Crippen LogP contribution >= 0.6 is 15.9 Å². The number of benzene rings is 1. The lowest BCUT2D eigenvalue weighted by Crippen LogP contribution is -2.10. The Balaban J connectivity index is 2.00. The number of methoxy groups -OCH3 is 1. The van der Waals surface area contributed by atoms with E-state index < -0.39 is 23.6 Å². The zero-order chi connectivity index (χ0) is 22.3. The fraction of sp³-hybridized carbons (Fsp3) is 0.235. The van der Waals surface area contributed by atoms with Crippen LogP contribution in [0.15, 0.2) is 34.9 Å². The lowest BCUT2D eigenvalue weighted by Gasteiger charge is -2.13. The molecular formula is C17H12BrF6N5O. The van der Waals surface area contributed by atoms with Crippen LogP contribution < -0.4 is 10.1 Å². The summed E-state index contributed by atoms with van der Waals surface area (Å²) in [5.74, 6) is -0.236. The number of nitrogens with zero attached hydrogens (tertiary/aromatic N) is 4. The first-order valence-corrected chi connectivity index (χ1v) is 8.88. The van der Waals surface area contributed by atoms with Crippen LogP contribution in [0.4, 0.5) is 38.0 Å². The average Bonchev–Trinajstić information content (AvgIpc) is 3.04. The molecule has 0 fully saturated rings. The maximum absolute atomic E-state index is 13.1. The Morgan fingerprint density at radius 1 is 1.03 bits per heavy atom. The van der Waals surface area contributed by atoms with Gasteiger partial charge in [0.25, 0.3) is 0 Å². The first-order chi connectivity index (χ1) is 13.9. The molecule has 0 atom stereocenters. The molecule has 6 nitrogen and oxygen atoms in total. The van der Waals surface area contributed by atoms with Gasteiger partial charge in [0.1, 0.15) is 5.75 Å². The van der Waals surface area contributed by atoms with E-state index in [1.54, 1.807) is 0 Å². The van der Waals surface area contributed by atoms with Crippen LogP contribution in [-0.4, -0.2) is 26.9 Å². The van der Waals surface area contributed by atoms with Gasteiger partial charge in [0.15, 0.2) is 11.5 Å². The molecule has 0 aliphatic rings. The molecule has 0 aliphatic carbocycles. The number of hydrogen-bond donors (Lipinski definition) is 1. The summed E-state index contributed by atoms with van der Waals surface area (Å²) in [4.78, 5) is 8.02. The van der Waals surface area contributed by atoms with E-state index in [0.29, 0.717) is 0 Å². The van der Waals surface area contributed by atoms with Crippen LogP contribution in [0.25, 0.3) is 5.82 Å². The second kappa shape index (κ2) is 7.78. The van der Waals surface area contributed by atoms with Crippen LogP contribution in [0, 0.1) is 6.92 Å². The van der Waals surface area contributed by atoms with Crippen molar-refractivity contribution in [1.82, 2.24) is 19.7 Å². The Kier molecular flexibility index (Phi) is 5.67. The molecular weight excluding hydrogens is 484 g/mol. The molecule has 0 unspecified atom stereocenters. The van der Waals surface area contributed by atoms with Crippen molar-refractivity contribution in [2.24, 2.45) is 0 Å². The van der Waals surface area contributed by atoms with E-state index in [1.165, 1.54) is 26.3 Å². The van der Waals surface area contributed by atoms with E-state index in [-0.39, 0.29) is 33.4 Å². The summed E-state index contributed by atoms with van der Waals surface area (Å²) >= 11 is 3.14. The minimum absolute atomic E-state index is 0.0249. The molecule has 0 aliphatic heterocycles. The monoisotopic (exact) mass is 495 g/mol. The summed E-state index contributed by atoms with van der Waals surface area (Å²) in [6.45, 7) is 1.40. The minimum atomic E-state index is -4.65. The molecule has 160 valence electrons. The molecule has 0 spiro atoms. The molecule has 0 saturated heterocycles. The van der Waals surface area contributed by atoms with Gasteiger partial charge >= 0.3 is 12.4 Å². The largest absolute Gasteiger partial charge is 0.497 e. The smallest absolute Gasteiger partial charge is 0.435 e. The van der Waals surface area contributed by atoms with Crippen molar-refractivity contribution < 1.29 is 31.1 Å². The van der Waals surface area contributed by atoms with Gasteiger partial charge in [-0.25, -0.2) is 9.67 Å². The third-order valence-electron chi connectivity index (χ3n) is 3.83. The first-order valence-electron chi connectivity index (χ1n) is 8.08. The molecule has 3 aromatic rings. The van der Waals surface area contributed by atoms with Crippen molar-refractivity contribution in [2.45, 2.75) is 19.3 Å². The van der Waals surface area contributed by atoms with Crippen molar-refractivity contribution in [3.63, 3.8) is 0 Å². The minimum Gasteiger partial charge on any atom is -0.497 e. The Hall–Kier alpha value is -2.83. The number of ether oxygens (including phenoxy) is 1. The number of aromatic nitrogens is 4. The van der Waals surface area contributed by atoms with Gasteiger partial charge in [-0.1, -0.05) is 0 Å². The number of alkyl halides is 6. The van der Waals surface area contributed by atoms with Crippen LogP contribution in [0.2, 0.25) is 0 Å². The highest BCUT2D eigenvalue weighted by Gasteiger charge is 2.35. The maximum atomic E-state index is 13.1. The molecule has 0 amide bonds. The third kappa shape index (κ3) is 4.66. The number of hydrogen-bond acceptors (Lipinski definition) is 5. The summed E-state index contributed by atoms with van der Waals surface area (Å²) in [5, 5.41) is 6.11. The molecule has 1 N–H and O–H groups in total. The number of halogens is 7. The average molecular weight is 496 g/mol. The Morgan fingerprint density at radius 2 is 1.73 bits per heavy atom. The second-order valence-electron chi connectivity index (χ2n) is 6.02. The molecule has 0 radical (unpaired) electrons. The lowest BCUT2D eigenvalue weighted by atomic mass is 10.2. The molecule has 1 aromatic carbocycles. The molecule has 3 rings (SSSR count). The zero-order valence-corrected chi connectivity index (χ0v) is 16.8. The quantitative estimate of drug-likeness (QED) is 0.482. The van der Waals surface area contributed by atoms with Gasteiger partial charge in [0, 0.05) is 23.6 Å². The summed E-state index contributed by atoms with van der Waals surface area (Å²) in [7, 11) is 1.21. The standard InChI is InChI=1S/C17H12BrF6N5O/c1-8-3-13(17(22,23)24)28-29(8)14-12(18)7-25-15(27-14)26-10-4-9(16(19,20)21)5-11(6-10)30-2/h3-7H,1-2H3,(H,25,26,27). The first kappa shape index (κ1) is 21.9. The summed E-state index contributed by atoms with van der Waals surface area (Å²) in [5.41, 5.74) is -1.95. The lowest BCUT2D eigenvalue weighted by molar-refractivity contribution is -0.141. The number of anilines is 2. The fourth-order valence-corrected chi connectivity index (χ4v) is 2.84. The predicted molar refractivity (Wildman–Crippen MR) is 97.9 cm³/mol. The summed E-state index contributed by atoms with van der Waals surface area (Å²) in [6.07, 6.45) is -8.02. The molecule has 2 heterocycles.